The molecule has 9 heteroatoms. The van der Waals surface area contributed by atoms with Gasteiger partial charge in [-0.05, 0) is 38.5 Å². The Morgan fingerprint density at radius 3 is 2.42 bits per heavy atom. The van der Waals surface area contributed by atoms with Crippen molar-refractivity contribution in [2.45, 2.75) is 57.0 Å². The summed E-state index contributed by atoms with van der Waals surface area (Å²) in [6.45, 7) is 1.60. The Hall–Kier alpha value is -3.30. The van der Waals surface area contributed by atoms with Gasteiger partial charge in [0, 0.05) is 54.2 Å². The van der Waals surface area contributed by atoms with Gasteiger partial charge in [-0.25, -0.2) is 5.26 Å². The van der Waals surface area contributed by atoms with Crippen LogP contribution in [-0.4, -0.2) is 64.2 Å². The van der Waals surface area contributed by atoms with E-state index in [1.807, 2.05) is 0 Å². The van der Waals surface area contributed by atoms with Gasteiger partial charge in [-0.2, -0.15) is 0 Å². The predicted octanol–water partition coefficient (Wildman–Crippen LogP) is 2.97. The van der Waals surface area contributed by atoms with E-state index in [0.717, 1.165) is 31.6 Å². The molecule has 2 saturated heterocycles. The number of phenolic OH excluding ortho intramolecular Hbond substituents is 2. The van der Waals surface area contributed by atoms with Crippen molar-refractivity contribution in [3.63, 3.8) is 0 Å². The molecule has 190 valence electrons. The van der Waals surface area contributed by atoms with Crippen molar-refractivity contribution in [1.29, 1.82) is 0 Å². The van der Waals surface area contributed by atoms with E-state index in [1.165, 1.54) is 13.4 Å². The lowest BCUT2D eigenvalue weighted by molar-refractivity contribution is -0.189. The molecule has 0 aromatic heterocycles. The number of benzene rings is 1. The lowest BCUT2D eigenvalue weighted by atomic mass is 9.73. The summed E-state index contributed by atoms with van der Waals surface area (Å²) in [5.41, 5.74) is 1.95. The van der Waals surface area contributed by atoms with E-state index in [-0.39, 0.29) is 39.7 Å². The smallest absolute Gasteiger partial charge is 0.201 e. The topological polar surface area (TPSA) is 129 Å². The van der Waals surface area contributed by atoms with E-state index < -0.39 is 11.6 Å². The molecule has 5 aliphatic rings. The van der Waals surface area contributed by atoms with Gasteiger partial charge in [-0.1, -0.05) is 6.08 Å². The second-order valence-electron chi connectivity index (χ2n) is 10.4. The molecule has 3 unspecified atom stereocenters. The van der Waals surface area contributed by atoms with Crippen LogP contribution in [0.2, 0.25) is 0 Å². The van der Waals surface area contributed by atoms with Crippen molar-refractivity contribution in [3.05, 3.63) is 57.2 Å². The largest absolute Gasteiger partial charge is 0.507 e. The number of piperazine rings is 1. The summed E-state index contributed by atoms with van der Waals surface area (Å²) in [6.07, 6.45) is 7.73. The Morgan fingerprint density at radius 1 is 1.03 bits per heavy atom. The Kier molecular flexibility index (Phi) is 5.57. The Labute approximate surface area is 208 Å². The normalized spacial score (nSPS) is 27.4. The summed E-state index contributed by atoms with van der Waals surface area (Å²) in [4.78, 5) is 33.7. The van der Waals surface area contributed by atoms with E-state index in [2.05, 4.69) is 15.1 Å². The van der Waals surface area contributed by atoms with Gasteiger partial charge in [-0.15, -0.1) is 0 Å². The fourth-order valence-electron chi connectivity index (χ4n) is 6.81. The highest BCUT2D eigenvalue weighted by Gasteiger charge is 2.44. The number of nitrogens with zero attached hydrogens (tertiary/aromatic N) is 1. The summed E-state index contributed by atoms with van der Waals surface area (Å²) < 4.78 is 5.39. The van der Waals surface area contributed by atoms with Crippen molar-refractivity contribution in [2.75, 3.05) is 20.2 Å². The Morgan fingerprint density at radius 2 is 1.72 bits per heavy atom. The summed E-state index contributed by atoms with van der Waals surface area (Å²) >= 11 is 0. The molecule has 9 nitrogen and oxygen atoms in total. The van der Waals surface area contributed by atoms with Crippen LogP contribution in [0.4, 0.5) is 0 Å². The lowest BCUT2D eigenvalue weighted by Gasteiger charge is -2.40. The van der Waals surface area contributed by atoms with E-state index >= 15 is 0 Å². The quantitative estimate of drug-likeness (QED) is 0.216. The highest BCUT2D eigenvalue weighted by atomic mass is 17.1. The number of allylic oxidation sites excluding steroid dienone is 5. The first-order valence-corrected chi connectivity index (χ1v) is 12.6. The predicted molar refractivity (Wildman–Crippen MR) is 129 cm³/mol. The van der Waals surface area contributed by atoms with Crippen LogP contribution in [-0.2, 0) is 22.5 Å². The van der Waals surface area contributed by atoms with Gasteiger partial charge in [0.25, 0.3) is 0 Å². The maximum Gasteiger partial charge on any atom is 0.201 e. The number of phenols is 2. The number of carbonyl (C=O) groups excluding carboxylic acids is 2. The molecule has 36 heavy (non-hydrogen) atoms. The van der Waals surface area contributed by atoms with Gasteiger partial charge in [0.15, 0.2) is 5.78 Å². The molecule has 3 atom stereocenters. The number of rotatable bonds is 4. The molecule has 0 saturated carbocycles. The number of nitrogens with one attached hydrogen (secondary N) is 1. The standard InChI is InChI=1S/C27H30N2O7/c1-35-20-4-2-3-17-21(20)27(33)23-22(25(17)31)26(32)18-9-13(5-8-16(18)24(23)30)19(12-36-34)29-10-14-6-7-15(11-29)28-14/h3,12-15,28,30,32,34H,2,4-11H2,1H3/b19-12+. The second-order valence-corrected chi connectivity index (χ2v) is 10.4. The number of fused-ring (bicyclic) bond motifs is 5. The minimum atomic E-state index is -0.490. The van der Waals surface area contributed by atoms with Gasteiger partial charge < -0.3 is 30.1 Å². The molecular formula is C27H30N2O7. The highest BCUT2D eigenvalue weighted by Crippen LogP contribution is 2.49. The molecule has 4 N–H and O–H groups in total. The highest BCUT2D eigenvalue weighted by molar-refractivity contribution is 6.33. The molecule has 6 rings (SSSR count). The number of hydrogen-bond acceptors (Lipinski definition) is 9. The zero-order valence-corrected chi connectivity index (χ0v) is 20.2. The molecule has 2 fully saturated rings. The van der Waals surface area contributed by atoms with E-state index in [0.29, 0.717) is 61.1 Å². The molecule has 2 bridgehead atoms. The van der Waals surface area contributed by atoms with Crippen molar-refractivity contribution in [1.82, 2.24) is 10.2 Å². The van der Waals surface area contributed by atoms with E-state index in [9.17, 15) is 25.1 Å². The summed E-state index contributed by atoms with van der Waals surface area (Å²) in [7, 11) is 1.47. The molecular weight excluding hydrogens is 464 g/mol. The average molecular weight is 495 g/mol. The van der Waals surface area contributed by atoms with Crippen LogP contribution in [0.1, 0.15) is 63.9 Å². The van der Waals surface area contributed by atoms with Gasteiger partial charge in [-0.3, -0.25) is 9.59 Å². The molecule has 2 heterocycles. The van der Waals surface area contributed by atoms with Gasteiger partial charge >= 0.3 is 0 Å². The first kappa shape index (κ1) is 23.1. The van der Waals surface area contributed by atoms with Crippen molar-refractivity contribution in [3.8, 4) is 11.5 Å². The van der Waals surface area contributed by atoms with Crippen LogP contribution in [0, 0.1) is 5.92 Å². The zero-order valence-electron chi connectivity index (χ0n) is 20.2. The molecule has 3 aliphatic carbocycles. The molecule has 2 aliphatic heterocycles. The van der Waals surface area contributed by atoms with Crippen LogP contribution in [0.5, 0.6) is 11.5 Å². The van der Waals surface area contributed by atoms with Crippen LogP contribution in [0.3, 0.4) is 0 Å². The number of aromatic hydroxyl groups is 2. The van der Waals surface area contributed by atoms with Gasteiger partial charge in [0.2, 0.25) is 5.78 Å². The van der Waals surface area contributed by atoms with Gasteiger partial charge in [0.1, 0.15) is 23.5 Å². The minimum Gasteiger partial charge on any atom is -0.507 e. The summed E-state index contributed by atoms with van der Waals surface area (Å²) in [6, 6.07) is 0.774. The third-order valence-corrected chi connectivity index (χ3v) is 8.47. The Balaban J connectivity index is 1.40. The zero-order chi connectivity index (χ0) is 25.1. The SMILES string of the molecule is COC1=C2C(=O)c3c(O)c4c(c(O)c3C(=O)C2=CCC1)CC(/C(=C\OO)N1CC2CCC(C1)N2)CC4. The second kappa shape index (κ2) is 8.67. The molecule has 1 aromatic rings. The molecule has 0 spiro atoms. The van der Waals surface area contributed by atoms with E-state index in [1.54, 1.807) is 6.08 Å². The maximum atomic E-state index is 13.5. The number of methoxy groups -OCH3 is 1. The fraction of sp³-hybridized carbons (Fsp3) is 0.481. The third-order valence-electron chi connectivity index (χ3n) is 8.47. The lowest BCUT2D eigenvalue weighted by Crippen LogP contribution is -2.51. The van der Waals surface area contributed by atoms with E-state index in [4.69, 9.17) is 4.74 Å². The average Bonchev–Trinajstić information content (AvgIpc) is 3.24. The van der Waals surface area contributed by atoms with Crippen LogP contribution in [0.15, 0.2) is 34.9 Å². The number of ketones is 2. The number of Topliss-reactive ketones (excluding diaryl/α,β-unsaturated/α-hetero) is 2. The molecule has 0 amide bonds. The Bertz CT molecular complexity index is 1250. The number of hydrogen-bond donors (Lipinski definition) is 4. The fourth-order valence-corrected chi connectivity index (χ4v) is 6.81. The van der Waals surface area contributed by atoms with Crippen molar-refractivity contribution in [2.24, 2.45) is 5.92 Å². The third kappa shape index (κ3) is 3.37. The monoisotopic (exact) mass is 494 g/mol. The summed E-state index contributed by atoms with van der Waals surface area (Å²) in [5.74, 6) is -1.10. The molecule has 1 aromatic carbocycles. The number of carbonyl (C=O) groups is 2. The summed E-state index contributed by atoms with van der Waals surface area (Å²) in [5, 5.41) is 35.5. The maximum absolute atomic E-state index is 13.5. The molecule has 0 radical (unpaired) electrons. The van der Waals surface area contributed by atoms with Gasteiger partial charge in [0.05, 0.1) is 29.5 Å². The minimum absolute atomic E-state index is 0.0932. The number of likely N-dealkylation sites (tertiary alicyclic amines) is 1. The van der Waals surface area contributed by atoms with Crippen LogP contribution in [0.25, 0.3) is 0 Å². The first-order chi connectivity index (χ1) is 17.4. The first-order valence-electron chi connectivity index (χ1n) is 12.6. The van der Waals surface area contributed by atoms with Crippen LogP contribution >= 0.6 is 0 Å². The number of ether oxygens (including phenoxy) is 1. The van der Waals surface area contributed by atoms with Crippen molar-refractivity contribution < 1.29 is 34.7 Å². The van der Waals surface area contributed by atoms with Crippen LogP contribution < -0.4 is 5.32 Å². The van der Waals surface area contributed by atoms with Crippen molar-refractivity contribution >= 4 is 11.6 Å².